The van der Waals surface area contributed by atoms with Crippen molar-refractivity contribution in [2.24, 2.45) is 0 Å². The lowest BCUT2D eigenvalue weighted by molar-refractivity contribution is -0.114. The molecule has 2 heterocycles. The fraction of sp³-hybridized carbons (Fsp3) is 0.391. The lowest BCUT2D eigenvalue weighted by Gasteiger charge is -2.44. The van der Waals surface area contributed by atoms with Gasteiger partial charge in [-0.2, -0.15) is 0 Å². The van der Waals surface area contributed by atoms with Crippen molar-refractivity contribution >= 4 is 17.4 Å². The zero-order valence-electron chi connectivity index (χ0n) is 16.5. The number of hydrogen-bond acceptors (Lipinski definition) is 4. The molecule has 2 aliphatic rings. The van der Waals surface area contributed by atoms with Crippen molar-refractivity contribution in [3.63, 3.8) is 0 Å². The van der Waals surface area contributed by atoms with E-state index < -0.39 is 5.60 Å². The molecule has 1 spiro atoms. The first-order chi connectivity index (χ1) is 13.9. The molecule has 6 heteroatoms. The Hall–Kier alpha value is -2.73. The molecule has 2 aliphatic heterocycles. The molecule has 152 valence electrons. The summed E-state index contributed by atoms with van der Waals surface area (Å²) in [5.74, 6) is 0.312. The normalized spacial score (nSPS) is 18.2. The van der Waals surface area contributed by atoms with Crippen LogP contribution in [0.15, 0.2) is 42.5 Å². The summed E-state index contributed by atoms with van der Waals surface area (Å²) in [7, 11) is 0. The molecule has 5 nitrogen and oxygen atoms in total. The molecule has 29 heavy (non-hydrogen) atoms. The summed E-state index contributed by atoms with van der Waals surface area (Å²) < 4.78 is 20.1. The Morgan fingerprint density at radius 3 is 2.69 bits per heavy atom. The number of rotatable bonds is 4. The molecule has 1 saturated heterocycles. The molecule has 0 aromatic heterocycles. The van der Waals surface area contributed by atoms with Gasteiger partial charge in [0.1, 0.15) is 17.2 Å². The first-order valence-electron chi connectivity index (χ1n) is 10.0. The van der Waals surface area contributed by atoms with Gasteiger partial charge in [-0.25, -0.2) is 4.39 Å². The van der Waals surface area contributed by atoms with E-state index in [1.807, 2.05) is 12.1 Å². The van der Waals surface area contributed by atoms with E-state index in [-0.39, 0.29) is 17.5 Å². The Morgan fingerprint density at radius 1 is 1.21 bits per heavy atom. The number of likely N-dealkylation sites (tertiary alicyclic amines) is 1. The Kier molecular flexibility index (Phi) is 5.37. The van der Waals surface area contributed by atoms with Crippen molar-refractivity contribution in [2.75, 3.05) is 25.0 Å². The second-order valence-corrected chi connectivity index (χ2v) is 7.96. The number of ether oxygens (including phenoxy) is 1. The molecule has 1 amide bonds. The molecule has 0 aliphatic carbocycles. The SMILES string of the molecule is CC(=O)Nc1ccc2c(c1)OC1(CCN(CCc3ccccc3F)CC1)CC2=O. The number of anilines is 1. The molecular weight excluding hydrogens is 371 g/mol. The van der Waals surface area contributed by atoms with Crippen molar-refractivity contribution in [1.29, 1.82) is 0 Å². The Morgan fingerprint density at radius 2 is 1.97 bits per heavy atom. The number of nitrogens with one attached hydrogen (secondary N) is 1. The van der Waals surface area contributed by atoms with E-state index in [2.05, 4.69) is 10.2 Å². The van der Waals surface area contributed by atoms with Crippen molar-refractivity contribution in [3.8, 4) is 5.75 Å². The van der Waals surface area contributed by atoms with E-state index in [0.717, 1.165) is 38.0 Å². The Labute approximate surface area is 169 Å². The summed E-state index contributed by atoms with van der Waals surface area (Å²) in [6.07, 6.45) is 2.54. The van der Waals surface area contributed by atoms with Crippen LogP contribution in [-0.4, -0.2) is 41.8 Å². The molecule has 0 radical (unpaired) electrons. The monoisotopic (exact) mass is 396 g/mol. The lowest BCUT2D eigenvalue weighted by atomic mass is 9.82. The topological polar surface area (TPSA) is 58.6 Å². The van der Waals surface area contributed by atoms with E-state index in [1.54, 1.807) is 24.3 Å². The van der Waals surface area contributed by atoms with Gasteiger partial charge in [0.05, 0.1) is 12.0 Å². The molecule has 1 N–H and O–H groups in total. The van der Waals surface area contributed by atoms with E-state index >= 15 is 0 Å². The average Bonchev–Trinajstić information content (AvgIpc) is 2.68. The predicted molar refractivity (Wildman–Crippen MR) is 109 cm³/mol. The standard InChI is InChI=1S/C23H25FN2O3/c1-16(27)25-18-6-7-19-21(28)15-23(29-22(19)14-18)9-12-26(13-10-23)11-8-17-4-2-3-5-20(17)24/h2-7,14H,8-13,15H2,1H3,(H,25,27). The van der Waals surface area contributed by atoms with Gasteiger partial charge in [0, 0.05) is 51.2 Å². The maximum absolute atomic E-state index is 13.8. The first kappa shape index (κ1) is 19.6. The van der Waals surface area contributed by atoms with Gasteiger partial charge in [0.25, 0.3) is 0 Å². The maximum atomic E-state index is 13.8. The number of piperidine rings is 1. The van der Waals surface area contributed by atoms with Crippen LogP contribution in [0.4, 0.5) is 10.1 Å². The Bertz CT molecular complexity index is 935. The first-order valence-corrected chi connectivity index (χ1v) is 10.0. The van der Waals surface area contributed by atoms with Gasteiger partial charge >= 0.3 is 0 Å². The lowest BCUT2D eigenvalue weighted by Crippen LogP contribution is -2.51. The number of amides is 1. The zero-order chi connectivity index (χ0) is 20.4. The van der Waals surface area contributed by atoms with Crippen LogP contribution in [0, 0.1) is 5.82 Å². The summed E-state index contributed by atoms with van der Waals surface area (Å²) in [6.45, 7) is 3.85. The summed E-state index contributed by atoms with van der Waals surface area (Å²) in [5.41, 5.74) is 1.44. The second kappa shape index (κ2) is 7.95. The largest absolute Gasteiger partial charge is 0.486 e. The van der Waals surface area contributed by atoms with Gasteiger partial charge in [-0.15, -0.1) is 0 Å². The van der Waals surface area contributed by atoms with E-state index in [4.69, 9.17) is 4.74 Å². The highest BCUT2D eigenvalue weighted by molar-refractivity contribution is 6.01. The summed E-state index contributed by atoms with van der Waals surface area (Å²) in [6, 6.07) is 12.1. The number of fused-ring (bicyclic) bond motifs is 1. The molecule has 0 bridgehead atoms. The fourth-order valence-electron chi connectivity index (χ4n) is 4.22. The van der Waals surface area contributed by atoms with Gasteiger partial charge in [-0.05, 0) is 30.2 Å². The zero-order valence-corrected chi connectivity index (χ0v) is 16.5. The Balaban J connectivity index is 1.40. The molecule has 4 rings (SSSR count). The minimum absolute atomic E-state index is 0.0837. The third kappa shape index (κ3) is 4.32. The molecule has 0 saturated carbocycles. The van der Waals surface area contributed by atoms with Crippen molar-refractivity contribution in [3.05, 3.63) is 59.4 Å². The van der Waals surface area contributed by atoms with Crippen LogP contribution >= 0.6 is 0 Å². The van der Waals surface area contributed by atoms with Crippen molar-refractivity contribution in [1.82, 2.24) is 4.90 Å². The highest BCUT2D eigenvalue weighted by atomic mass is 19.1. The number of benzene rings is 2. The number of hydrogen-bond donors (Lipinski definition) is 1. The van der Waals surface area contributed by atoms with Gasteiger partial charge in [0.15, 0.2) is 5.78 Å². The minimum atomic E-state index is -0.493. The van der Waals surface area contributed by atoms with E-state index in [9.17, 15) is 14.0 Å². The minimum Gasteiger partial charge on any atom is -0.486 e. The number of Topliss-reactive ketones (excluding diaryl/α,β-unsaturated/α-hetero) is 1. The smallest absolute Gasteiger partial charge is 0.221 e. The summed E-state index contributed by atoms with van der Waals surface area (Å²) in [5, 5.41) is 2.74. The van der Waals surface area contributed by atoms with Gasteiger partial charge in [-0.1, -0.05) is 18.2 Å². The van der Waals surface area contributed by atoms with Gasteiger partial charge in [0.2, 0.25) is 5.91 Å². The number of carbonyl (C=O) groups excluding carboxylic acids is 2. The second-order valence-electron chi connectivity index (χ2n) is 7.96. The molecular formula is C23H25FN2O3. The van der Waals surface area contributed by atoms with Crippen LogP contribution in [0.5, 0.6) is 5.75 Å². The fourth-order valence-corrected chi connectivity index (χ4v) is 4.22. The van der Waals surface area contributed by atoms with Gasteiger partial charge in [-0.3, -0.25) is 9.59 Å². The van der Waals surface area contributed by atoms with Crippen LogP contribution in [-0.2, 0) is 11.2 Å². The summed E-state index contributed by atoms with van der Waals surface area (Å²) >= 11 is 0. The number of carbonyl (C=O) groups is 2. The third-order valence-electron chi connectivity index (χ3n) is 5.83. The van der Waals surface area contributed by atoms with E-state index in [0.29, 0.717) is 29.8 Å². The molecule has 1 fully saturated rings. The highest BCUT2D eigenvalue weighted by Crippen LogP contribution is 2.40. The number of ketones is 1. The number of nitrogens with zero attached hydrogens (tertiary/aromatic N) is 1. The third-order valence-corrected chi connectivity index (χ3v) is 5.83. The van der Waals surface area contributed by atoms with E-state index in [1.165, 1.54) is 13.0 Å². The maximum Gasteiger partial charge on any atom is 0.221 e. The number of halogens is 1. The molecule has 2 aromatic carbocycles. The quantitative estimate of drug-likeness (QED) is 0.854. The molecule has 0 atom stereocenters. The van der Waals surface area contributed by atoms with Crippen LogP contribution in [0.3, 0.4) is 0 Å². The summed E-state index contributed by atoms with van der Waals surface area (Å²) in [4.78, 5) is 26.3. The van der Waals surface area contributed by atoms with Crippen LogP contribution in [0.1, 0.15) is 42.1 Å². The van der Waals surface area contributed by atoms with Crippen LogP contribution in [0.2, 0.25) is 0 Å². The van der Waals surface area contributed by atoms with Crippen molar-refractivity contribution in [2.45, 2.75) is 38.2 Å². The average molecular weight is 396 g/mol. The predicted octanol–water partition coefficient (Wildman–Crippen LogP) is 3.83. The molecule has 0 unspecified atom stereocenters. The van der Waals surface area contributed by atoms with Crippen LogP contribution in [0.25, 0.3) is 0 Å². The van der Waals surface area contributed by atoms with Crippen molar-refractivity contribution < 1.29 is 18.7 Å². The van der Waals surface area contributed by atoms with Gasteiger partial charge < -0.3 is 15.0 Å². The molecule has 2 aromatic rings. The van der Waals surface area contributed by atoms with Crippen LogP contribution < -0.4 is 10.1 Å². The highest BCUT2D eigenvalue weighted by Gasteiger charge is 2.42.